The molecular weight excluding hydrogens is 380 g/mol. The largest absolute Gasteiger partial charge is 0.352 e. The van der Waals surface area contributed by atoms with Gasteiger partial charge in [0.2, 0.25) is 5.91 Å². The number of hydrogen-bond donors (Lipinski definition) is 1. The minimum absolute atomic E-state index is 0.0121. The number of nitrogens with one attached hydrogen (secondary N) is 1. The van der Waals surface area contributed by atoms with E-state index < -0.39 is 6.04 Å². The fourth-order valence-electron chi connectivity index (χ4n) is 3.67. The molecule has 2 aromatic carbocycles. The van der Waals surface area contributed by atoms with Crippen LogP contribution >= 0.6 is 11.8 Å². The predicted octanol–water partition coefficient (Wildman–Crippen LogP) is 4.36. The van der Waals surface area contributed by atoms with Gasteiger partial charge in [-0.05, 0) is 43.4 Å². The third-order valence-electron chi connectivity index (χ3n) is 5.26. The highest BCUT2D eigenvalue weighted by molar-refractivity contribution is 8.00. The summed E-state index contributed by atoms with van der Waals surface area (Å²) in [5, 5.41) is 3.15. The molecule has 1 saturated heterocycles. The van der Waals surface area contributed by atoms with Gasteiger partial charge in [0.1, 0.15) is 6.04 Å². The lowest BCUT2D eigenvalue weighted by atomic mass is 10.1. The van der Waals surface area contributed by atoms with Gasteiger partial charge in [-0.25, -0.2) is 0 Å². The zero-order valence-electron chi connectivity index (χ0n) is 17.4. The second kappa shape index (κ2) is 9.97. The Labute approximate surface area is 178 Å². The second-order valence-electron chi connectivity index (χ2n) is 8.00. The number of thioether (sulfide) groups is 1. The zero-order chi connectivity index (χ0) is 20.8. The third-order valence-corrected chi connectivity index (χ3v) is 6.88. The highest BCUT2D eigenvalue weighted by atomic mass is 32.2. The van der Waals surface area contributed by atoms with Crippen molar-refractivity contribution in [3.05, 3.63) is 71.8 Å². The maximum Gasteiger partial charge on any atom is 0.255 e. The Balaban J connectivity index is 1.66. The molecule has 154 valence electrons. The van der Waals surface area contributed by atoms with Crippen molar-refractivity contribution in [3.63, 3.8) is 0 Å². The summed E-state index contributed by atoms with van der Waals surface area (Å²) in [7, 11) is 0. The number of aryl methyl sites for hydroxylation is 1. The van der Waals surface area contributed by atoms with E-state index in [1.54, 1.807) is 16.7 Å². The minimum atomic E-state index is -0.431. The smallest absolute Gasteiger partial charge is 0.255 e. The normalized spacial score (nSPS) is 19.9. The topological polar surface area (TPSA) is 49.4 Å². The molecule has 5 heteroatoms. The first-order valence-corrected chi connectivity index (χ1v) is 11.4. The first kappa shape index (κ1) is 21.4. The molecular formula is C24H30N2O2S. The zero-order valence-corrected chi connectivity index (χ0v) is 18.2. The Bertz CT molecular complexity index is 810. The van der Waals surface area contributed by atoms with Gasteiger partial charge in [-0.15, -0.1) is 11.8 Å². The molecule has 2 aromatic rings. The van der Waals surface area contributed by atoms with Crippen LogP contribution in [0.15, 0.2) is 60.7 Å². The predicted molar refractivity (Wildman–Crippen MR) is 120 cm³/mol. The van der Waals surface area contributed by atoms with Gasteiger partial charge in [0.05, 0.1) is 5.37 Å². The summed E-state index contributed by atoms with van der Waals surface area (Å²) in [5.74, 6) is 0.802. The number of nitrogens with zero attached hydrogens (tertiary/aromatic N) is 1. The van der Waals surface area contributed by atoms with Crippen LogP contribution in [-0.4, -0.2) is 39.9 Å². The Hall–Kier alpha value is -2.27. The summed E-state index contributed by atoms with van der Waals surface area (Å²) in [4.78, 5) is 28.1. The third kappa shape index (κ3) is 5.41. The van der Waals surface area contributed by atoms with Crippen LogP contribution in [0.25, 0.3) is 0 Å². The molecule has 29 heavy (non-hydrogen) atoms. The molecule has 0 radical (unpaired) electrons. The van der Waals surface area contributed by atoms with E-state index in [9.17, 15) is 9.59 Å². The number of rotatable bonds is 7. The summed E-state index contributed by atoms with van der Waals surface area (Å²) >= 11 is 1.70. The average molecular weight is 411 g/mol. The molecule has 0 bridgehead atoms. The van der Waals surface area contributed by atoms with Crippen molar-refractivity contribution in [3.8, 4) is 0 Å². The summed E-state index contributed by atoms with van der Waals surface area (Å²) in [6.07, 6.45) is 1.79. The van der Waals surface area contributed by atoms with Crippen molar-refractivity contribution in [1.82, 2.24) is 10.2 Å². The molecule has 3 unspecified atom stereocenters. The number of hydrogen-bond acceptors (Lipinski definition) is 3. The Morgan fingerprint density at radius 3 is 2.28 bits per heavy atom. The van der Waals surface area contributed by atoms with Gasteiger partial charge in [0.25, 0.3) is 5.91 Å². The monoisotopic (exact) mass is 410 g/mol. The van der Waals surface area contributed by atoms with Gasteiger partial charge in [0.15, 0.2) is 0 Å². The van der Waals surface area contributed by atoms with E-state index >= 15 is 0 Å². The van der Waals surface area contributed by atoms with Crippen LogP contribution in [0.1, 0.15) is 43.1 Å². The van der Waals surface area contributed by atoms with Crippen LogP contribution in [0.3, 0.4) is 0 Å². The van der Waals surface area contributed by atoms with Crippen molar-refractivity contribution in [2.24, 2.45) is 5.92 Å². The summed E-state index contributed by atoms with van der Waals surface area (Å²) < 4.78 is 0. The highest BCUT2D eigenvalue weighted by Gasteiger charge is 2.43. The van der Waals surface area contributed by atoms with Gasteiger partial charge in [-0.2, -0.15) is 0 Å². The number of amides is 2. The highest BCUT2D eigenvalue weighted by Crippen LogP contribution is 2.35. The lowest BCUT2D eigenvalue weighted by Gasteiger charge is -2.31. The molecule has 2 amide bonds. The molecule has 0 aliphatic carbocycles. The molecule has 3 atom stereocenters. The maximum absolute atomic E-state index is 13.2. The maximum atomic E-state index is 13.2. The van der Waals surface area contributed by atoms with Gasteiger partial charge in [-0.3, -0.25) is 9.59 Å². The molecule has 0 spiro atoms. The van der Waals surface area contributed by atoms with Gasteiger partial charge >= 0.3 is 0 Å². The van der Waals surface area contributed by atoms with Crippen molar-refractivity contribution < 1.29 is 9.59 Å². The summed E-state index contributed by atoms with van der Waals surface area (Å²) in [6.45, 7) is 6.24. The van der Waals surface area contributed by atoms with Gasteiger partial charge < -0.3 is 10.2 Å². The molecule has 1 fully saturated rings. The van der Waals surface area contributed by atoms with Crippen LogP contribution in [0, 0.1) is 5.92 Å². The lowest BCUT2D eigenvalue weighted by Crippen LogP contribution is -2.52. The fraction of sp³-hybridized carbons (Fsp3) is 0.417. The van der Waals surface area contributed by atoms with E-state index in [0.29, 0.717) is 11.3 Å². The summed E-state index contributed by atoms with van der Waals surface area (Å²) in [6, 6.07) is 19.2. The van der Waals surface area contributed by atoms with E-state index in [0.717, 1.165) is 12.8 Å². The first-order valence-electron chi connectivity index (χ1n) is 10.3. The second-order valence-corrected chi connectivity index (χ2v) is 9.15. The van der Waals surface area contributed by atoms with Crippen LogP contribution in [-0.2, 0) is 11.2 Å². The van der Waals surface area contributed by atoms with Gasteiger partial charge in [0, 0.05) is 17.4 Å². The first-order chi connectivity index (χ1) is 14.0. The number of carbonyl (C=O) groups is 2. The van der Waals surface area contributed by atoms with Crippen molar-refractivity contribution >= 4 is 23.6 Å². The van der Waals surface area contributed by atoms with Crippen molar-refractivity contribution in [2.75, 3.05) is 5.75 Å². The molecule has 1 aliphatic heterocycles. The van der Waals surface area contributed by atoms with Crippen molar-refractivity contribution in [1.29, 1.82) is 0 Å². The van der Waals surface area contributed by atoms with Crippen LogP contribution < -0.4 is 5.32 Å². The van der Waals surface area contributed by atoms with E-state index in [4.69, 9.17) is 0 Å². The molecule has 1 heterocycles. The lowest BCUT2D eigenvalue weighted by molar-refractivity contribution is -0.125. The quantitative estimate of drug-likeness (QED) is 0.738. The SMILES string of the molecule is CC(CCc1ccccc1)NC(=O)C1CSC(C(C)C)N1C(=O)c1ccccc1. The minimum Gasteiger partial charge on any atom is -0.352 e. The fourth-order valence-corrected chi connectivity index (χ4v) is 5.15. The molecule has 4 nitrogen and oxygen atoms in total. The summed E-state index contributed by atoms with van der Waals surface area (Å²) in [5.41, 5.74) is 1.90. The van der Waals surface area contributed by atoms with Gasteiger partial charge in [-0.1, -0.05) is 62.4 Å². The average Bonchev–Trinajstić information content (AvgIpc) is 3.19. The number of benzene rings is 2. The molecule has 3 rings (SSSR count). The van der Waals surface area contributed by atoms with Crippen LogP contribution in [0.5, 0.6) is 0 Å². The molecule has 0 aromatic heterocycles. The molecule has 1 N–H and O–H groups in total. The Morgan fingerprint density at radius 1 is 1.03 bits per heavy atom. The van der Waals surface area contributed by atoms with Crippen LogP contribution in [0.2, 0.25) is 0 Å². The van der Waals surface area contributed by atoms with E-state index in [1.165, 1.54) is 5.56 Å². The van der Waals surface area contributed by atoms with Crippen LogP contribution in [0.4, 0.5) is 0 Å². The van der Waals surface area contributed by atoms with Crippen molar-refractivity contribution in [2.45, 2.75) is 51.1 Å². The Kier molecular flexibility index (Phi) is 7.37. The molecule has 0 saturated carbocycles. The van der Waals surface area contributed by atoms with E-state index in [2.05, 4.69) is 31.3 Å². The van der Waals surface area contributed by atoms with E-state index in [-0.39, 0.29) is 29.1 Å². The Morgan fingerprint density at radius 2 is 1.66 bits per heavy atom. The number of carbonyl (C=O) groups excluding carboxylic acids is 2. The molecule has 1 aliphatic rings. The standard InChI is InChI=1S/C24H30N2O2S/c1-17(2)24-26(23(28)20-12-8-5-9-13-20)21(16-29-24)22(27)25-18(3)14-15-19-10-6-4-7-11-19/h4-13,17-18,21,24H,14-16H2,1-3H3,(H,25,27). The van der Waals surface area contributed by atoms with E-state index in [1.807, 2.05) is 55.5 Å².